The van der Waals surface area contributed by atoms with E-state index in [1.54, 1.807) is 0 Å². The maximum absolute atomic E-state index is 10.0. The fourth-order valence-corrected chi connectivity index (χ4v) is 0.249. The van der Waals surface area contributed by atoms with Crippen molar-refractivity contribution in [1.82, 2.24) is 0 Å². The van der Waals surface area contributed by atoms with E-state index in [2.05, 4.69) is 27.4 Å². The second kappa shape index (κ2) is 1.34. The average Bonchev–Trinajstić information content (AvgIpc) is 1.91. The normalized spacial score (nSPS) is 17.7. The summed E-state index contributed by atoms with van der Waals surface area (Å²) >= 11 is 4.28. The highest BCUT2D eigenvalue weighted by Crippen LogP contribution is 1.96. The summed E-state index contributed by atoms with van der Waals surface area (Å²) in [6, 6.07) is 0. The van der Waals surface area contributed by atoms with Crippen molar-refractivity contribution < 1.29 is 9.63 Å². The van der Waals surface area contributed by atoms with Crippen LogP contribution < -0.4 is 0 Å². The first-order valence-corrected chi connectivity index (χ1v) is 1.88. The third-order valence-corrected chi connectivity index (χ3v) is 0.679. The summed E-state index contributed by atoms with van der Waals surface area (Å²) in [7, 11) is 0. The lowest BCUT2D eigenvalue weighted by Gasteiger charge is -1.74. The van der Waals surface area contributed by atoms with Crippen LogP contribution in [0, 0.1) is 0 Å². The van der Waals surface area contributed by atoms with Crippen molar-refractivity contribution in [2.24, 2.45) is 10.4 Å². The molecule has 0 unspecified atom stereocenters. The van der Waals surface area contributed by atoms with Crippen LogP contribution in [0.25, 0.3) is 0 Å². The van der Waals surface area contributed by atoms with E-state index in [1.807, 2.05) is 0 Å². The van der Waals surface area contributed by atoms with E-state index in [-0.39, 0.29) is 5.05 Å². The van der Waals surface area contributed by atoms with E-state index in [9.17, 15) is 4.79 Å². The Morgan fingerprint density at radius 1 is 1.71 bits per heavy atom. The minimum atomic E-state index is -0.574. The van der Waals surface area contributed by atoms with E-state index in [1.165, 1.54) is 0 Å². The molecule has 1 heterocycles. The second-order valence-electron chi connectivity index (χ2n) is 0.866. The molecule has 5 heteroatoms. The first-order valence-electron chi connectivity index (χ1n) is 1.47. The highest BCUT2D eigenvalue weighted by atomic mass is 32.1. The van der Waals surface area contributed by atoms with E-state index in [0.717, 1.165) is 0 Å². The van der Waals surface area contributed by atoms with Gasteiger partial charge in [0.15, 0.2) is 0 Å². The number of thiocarbonyl (C=S) groups is 1. The first kappa shape index (κ1) is 4.32. The van der Waals surface area contributed by atoms with Gasteiger partial charge < -0.3 is 4.84 Å². The monoisotopic (exact) mass is 116 g/mol. The largest absolute Gasteiger partial charge is 0.348 e. The third-order valence-electron chi connectivity index (χ3n) is 0.430. The molecular weight excluding hydrogens is 116 g/mol. The molecule has 0 aliphatic carbocycles. The van der Waals surface area contributed by atoms with Crippen LogP contribution >= 0.6 is 12.2 Å². The molecule has 7 heavy (non-hydrogen) atoms. The Morgan fingerprint density at radius 2 is 2.43 bits per heavy atom. The minimum Gasteiger partial charge on any atom is -0.321 e. The van der Waals surface area contributed by atoms with E-state index in [4.69, 9.17) is 0 Å². The molecule has 1 aliphatic rings. The molecule has 0 saturated carbocycles. The molecule has 0 bridgehead atoms. The molecule has 1 amide bonds. The van der Waals surface area contributed by atoms with Crippen molar-refractivity contribution in [2.75, 3.05) is 0 Å². The van der Waals surface area contributed by atoms with Crippen molar-refractivity contribution in [2.45, 2.75) is 0 Å². The summed E-state index contributed by atoms with van der Waals surface area (Å²) in [6.45, 7) is 0. The summed E-state index contributed by atoms with van der Waals surface area (Å²) in [5.74, 6) is -0.574. The van der Waals surface area contributed by atoms with E-state index < -0.39 is 5.91 Å². The van der Waals surface area contributed by atoms with Crippen molar-refractivity contribution in [3.05, 3.63) is 0 Å². The summed E-state index contributed by atoms with van der Waals surface area (Å²) in [4.78, 5) is 14.2. The first-order chi connectivity index (χ1) is 3.30. The number of carbonyl (C=O) groups excluding carboxylic acids is 1. The van der Waals surface area contributed by atoms with Crippen LogP contribution in [0.3, 0.4) is 0 Å². The zero-order valence-corrected chi connectivity index (χ0v) is 3.94. The SMILES string of the molecule is O=C1N=NOC1=S. The Morgan fingerprint density at radius 3 is 2.57 bits per heavy atom. The van der Waals surface area contributed by atoms with Gasteiger partial charge in [0, 0.05) is 5.28 Å². The number of nitrogens with zero attached hydrogens (tertiary/aromatic N) is 2. The molecule has 0 radical (unpaired) electrons. The van der Waals surface area contributed by atoms with Gasteiger partial charge in [0.05, 0.1) is 0 Å². The van der Waals surface area contributed by atoms with Crippen LogP contribution in [0.15, 0.2) is 10.4 Å². The van der Waals surface area contributed by atoms with Gasteiger partial charge in [-0.05, 0) is 12.2 Å². The zero-order valence-electron chi connectivity index (χ0n) is 3.12. The van der Waals surface area contributed by atoms with Gasteiger partial charge in [0.2, 0.25) is 0 Å². The number of carbonyl (C=O) groups is 1. The average molecular weight is 116 g/mol. The second-order valence-corrected chi connectivity index (χ2v) is 1.24. The molecule has 0 saturated heterocycles. The van der Waals surface area contributed by atoms with Crippen LogP contribution in [-0.2, 0) is 9.63 Å². The summed E-state index contributed by atoms with van der Waals surface area (Å²) in [6.07, 6.45) is 0. The highest BCUT2D eigenvalue weighted by Gasteiger charge is 2.15. The lowest BCUT2D eigenvalue weighted by Crippen LogP contribution is -2.01. The van der Waals surface area contributed by atoms with Crippen molar-refractivity contribution >= 4 is 23.2 Å². The third kappa shape index (κ3) is 0.614. The van der Waals surface area contributed by atoms with E-state index in [0.29, 0.717) is 0 Å². The van der Waals surface area contributed by atoms with Crippen molar-refractivity contribution in [3.63, 3.8) is 0 Å². The molecular formula is C2N2O2S. The van der Waals surface area contributed by atoms with E-state index >= 15 is 0 Å². The number of hydrogen-bond acceptors (Lipinski definition) is 4. The van der Waals surface area contributed by atoms with Crippen LogP contribution in [0.4, 0.5) is 0 Å². The van der Waals surface area contributed by atoms with Gasteiger partial charge in [-0.3, -0.25) is 4.79 Å². The fourth-order valence-electron chi connectivity index (χ4n) is 0.174. The van der Waals surface area contributed by atoms with Gasteiger partial charge in [-0.1, -0.05) is 5.11 Å². The molecule has 0 aromatic rings. The predicted molar refractivity (Wildman–Crippen MR) is 23.5 cm³/mol. The van der Waals surface area contributed by atoms with Gasteiger partial charge in [-0.2, -0.15) is 0 Å². The molecule has 1 rings (SSSR count). The summed E-state index contributed by atoms with van der Waals surface area (Å²) in [5, 5.41) is 5.64. The smallest absolute Gasteiger partial charge is 0.321 e. The quantitative estimate of drug-likeness (QED) is 0.426. The van der Waals surface area contributed by atoms with Gasteiger partial charge >= 0.3 is 5.91 Å². The summed E-state index contributed by atoms with van der Waals surface area (Å²) < 4.78 is 0. The number of hydrogen-bond donors (Lipinski definition) is 0. The topological polar surface area (TPSA) is 51.0 Å². The Hall–Kier alpha value is -0.840. The molecule has 36 valence electrons. The van der Waals surface area contributed by atoms with Crippen LogP contribution in [0.2, 0.25) is 0 Å². The van der Waals surface area contributed by atoms with Gasteiger partial charge in [0.1, 0.15) is 0 Å². The standard InChI is InChI=1S/C2N2O2S/c5-1-2(7)6-4-3-1. The minimum absolute atomic E-state index is 0.181. The fraction of sp³-hybridized carbons (Fsp3) is 0. The van der Waals surface area contributed by atoms with Crippen molar-refractivity contribution in [1.29, 1.82) is 0 Å². The Labute approximate surface area is 44.1 Å². The summed E-state index contributed by atoms with van der Waals surface area (Å²) in [5.41, 5.74) is 0. The number of rotatable bonds is 0. The molecule has 1 aliphatic heterocycles. The van der Waals surface area contributed by atoms with Crippen LogP contribution in [0.1, 0.15) is 0 Å². The lowest BCUT2D eigenvalue weighted by molar-refractivity contribution is -0.111. The lowest BCUT2D eigenvalue weighted by atomic mass is 10.7. The molecule has 0 aromatic carbocycles. The van der Waals surface area contributed by atoms with Crippen LogP contribution in [-0.4, -0.2) is 11.0 Å². The molecule has 4 nitrogen and oxygen atoms in total. The highest BCUT2D eigenvalue weighted by molar-refractivity contribution is 7.81. The maximum atomic E-state index is 10.0. The Kier molecular flexibility index (Phi) is 0.828. The van der Waals surface area contributed by atoms with Gasteiger partial charge in [0.25, 0.3) is 5.05 Å². The Bertz CT molecular complexity index is 152. The van der Waals surface area contributed by atoms with Crippen molar-refractivity contribution in [3.8, 4) is 0 Å². The zero-order chi connectivity index (χ0) is 5.28. The molecule has 0 atom stereocenters. The Balaban J connectivity index is 2.81. The predicted octanol–water partition coefficient (Wildman–Crippen LogP) is 0.238. The molecule has 0 aromatic heterocycles. The van der Waals surface area contributed by atoms with Crippen LogP contribution in [0.5, 0.6) is 0 Å². The molecule has 0 spiro atoms. The van der Waals surface area contributed by atoms with Gasteiger partial charge in [-0.25, -0.2) is 0 Å². The molecule has 0 N–H and O–H groups in total. The number of amides is 1. The van der Waals surface area contributed by atoms with Gasteiger partial charge in [-0.15, -0.1) is 0 Å². The maximum Gasteiger partial charge on any atom is 0.348 e. The molecule has 0 fully saturated rings.